The smallest absolute Gasteiger partial charge is 0.246 e. The van der Waals surface area contributed by atoms with Crippen molar-refractivity contribution >= 4 is 29.1 Å². The summed E-state index contributed by atoms with van der Waals surface area (Å²) in [5.74, 6) is 0.438. The molecule has 0 saturated heterocycles. The largest absolute Gasteiger partial charge is 0.369 e. The summed E-state index contributed by atoms with van der Waals surface area (Å²) < 4.78 is 5.18. The lowest BCUT2D eigenvalue weighted by Gasteiger charge is -2.29. The van der Waals surface area contributed by atoms with Gasteiger partial charge in [-0.3, -0.25) is 4.79 Å². The number of hydrogen-bond acceptors (Lipinski definition) is 2. The molecule has 0 aromatic carbocycles. The van der Waals surface area contributed by atoms with E-state index in [4.69, 9.17) is 27.9 Å². The molecular weight excluding hydrogens is 237 g/mol. The molecule has 0 aromatic heterocycles. The first-order chi connectivity index (χ1) is 6.99. The van der Waals surface area contributed by atoms with Crippen LogP contribution >= 0.6 is 23.2 Å². The number of rotatable bonds is 7. The number of amides is 1. The summed E-state index contributed by atoms with van der Waals surface area (Å²) in [5, 5.41) is 2.81. The summed E-state index contributed by atoms with van der Waals surface area (Å²) in [6.07, 6.45) is 0.742. The Morgan fingerprint density at radius 1 is 1.40 bits per heavy atom. The van der Waals surface area contributed by atoms with E-state index in [9.17, 15) is 4.79 Å². The standard InChI is InChI=1S/C10H19Cl2NO2/c1-4-10(6-11,7-12)13-9(14)5-15-8(2)3/h8H,4-7H2,1-3H3,(H,13,14). The molecule has 0 radical (unpaired) electrons. The Morgan fingerprint density at radius 3 is 2.27 bits per heavy atom. The number of carbonyl (C=O) groups is 1. The first-order valence-corrected chi connectivity index (χ1v) is 6.11. The number of alkyl halides is 2. The number of nitrogens with one attached hydrogen (secondary N) is 1. The Balaban J connectivity index is 4.11. The second-order valence-corrected chi connectivity index (χ2v) is 4.34. The molecule has 0 aliphatic heterocycles. The summed E-state index contributed by atoms with van der Waals surface area (Å²) in [6, 6.07) is 0. The van der Waals surface area contributed by atoms with Gasteiger partial charge in [-0.25, -0.2) is 0 Å². The highest BCUT2D eigenvalue weighted by atomic mass is 35.5. The van der Waals surface area contributed by atoms with Gasteiger partial charge in [0.15, 0.2) is 0 Å². The Labute approximate surface area is 101 Å². The lowest BCUT2D eigenvalue weighted by atomic mass is 10.0. The van der Waals surface area contributed by atoms with E-state index in [-0.39, 0.29) is 18.6 Å². The number of ether oxygens (including phenoxy) is 1. The van der Waals surface area contributed by atoms with Crippen LogP contribution < -0.4 is 5.32 Å². The summed E-state index contributed by atoms with van der Waals surface area (Å²) in [7, 11) is 0. The van der Waals surface area contributed by atoms with Crippen molar-refractivity contribution in [3.05, 3.63) is 0 Å². The highest BCUT2D eigenvalue weighted by Gasteiger charge is 2.28. The maximum atomic E-state index is 11.5. The average Bonchev–Trinajstić information content (AvgIpc) is 2.23. The Bertz CT molecular complexity index is 186. The lowest BCUT2D eigenvalue weighted by Crippen LogP contribution is -2.52. The van der Waals surface area contributed by atoms with Crippen LogP contribution in [0.15, 0.2) is 0 Å². The van der Waals surface area contributed by atoms with E-state index in [2.05, 4.69) is 5.32 Å². The van der Waals surface area contributed by atoms with Crippen molar-refractivity contribution in [1.82, 2.24) is 5.32 Å². The molecule has 0 aromatic rings. The first-order valence-electron chi connectivity index (χ1n) is 5.04. The van der Waals surface area contributed by atoms with Crippen LogP contribution in [-0.4, -0.2) is 35.9 Å². The van der Waals surface area contributed by atoms with Gasteiger partial charge in [-0.1, -0.05) is 6.92 Å². The van der Waals surface area contributed by atoms with Crippen LogP contribution in [0.3, 0.4) is 0 Å². The number of carbonyl (C=O) groups excluding carboxylic acids is 1. The maximum Gasteiger partial charge on any atom is 0.246 e. The van der Waals surface area contributed by atoms with E-state index >= 15 is 0 Å². The molecule has 0 spiro atoms. The Hall–Kier alpha value is 0.01000. The van der Waals surface area contributed by atoms with E-state index in [0.717, 1.165) is 0 Å². The zero-order valence-electron chi connectivity index (χ0n) is 9.48. The highest BCUT2D eigenvalue weighted by Crippen LogP contribution is 2.14. The van der Waals surface area contributed by atoms with Gasteiger partial charge in [0.25, 0.3) is 0 Å². The second-order valence-electron chi connectivity index (χ2n) is 3.81. The SMILES string of the molecule is CCC(CCl)(CCl)NC(=O)COC(C)C. The minimum absolute atomic E-state index is 0.0405. The molecule has 0 saturated carbocycles. The minimum atomic E-state index is -0.513. The molecule has 0 fully saturated rings. The molecule has 0 bridgehead atoms. The summed E-state index contributed by atoms with van der Waals surface area (Å²) in [4.78, 5) is 11.5. The fourth-order valence-electron chi connectivity index (χ4n) is 0.954. The third-order valence-electron chi connectivity index (χ3n) is 2.14. The van der Waals surface area contributed by atoms with Gasteiger partial charge >= 0.3 is 0 Å². The summed E-state index contributed by atoms with van der Waals surface area (Å²) in [6.45, 7) is 5.74. The summed E-state index contributed by atoms with van der Waals surface area (Å²) >= 11 is 11.6. The molecule has 1 N–H and O–H groups in total. The van der Waals surface area contributed by atoms with Crippen molar-refractivity contribution < 1.29 is 9.53 Å². The fraction of sp³-hybridized carbons (Fsp3) is 0.900. The van der Waals surface area contributed by atoms with Crippen LogP contribution in [0.5, 0.6) is 0 Å². The first kappa shape index (κ1) is 15.0. The van der Waals surface area contributed by atoms with Crippen molar-refractivity contribution in [1.29, 1.82) is 0 Å². The molecule has 0 rings (SSSR count). The van der Waals surface area contributed by atoms with Gasteiger partial charge in [-0.2, -0.15) is 0 Å². The molecule has 5 heteroatoms. The molecule has 0 heterocycles. The lowest BCUT2D eigenvalue weighted by molar-refractivity contribution is -0.128. The molecule has 90 valence electrons. The molecule has 3 nitrogen and oxygen atoms in total. The second kappa shape index (κ2) is 7.31. The minimum Gasteiger partial charge on any atom is -0.369 e. The summed E-state index contributed by atoms with van der Waals surface area (Å²) in [5.41, 5.74) is -0.513. The molecular formula is C10H19Cl2NO2. The van der Waals surface area contributed by atoms with Gasteiger partial charge in [0.2, 0.25) is 5.91 Å². The van der Waals surface area contributed by atoms with Crippen molar-refractivity contribution in [2.45, 2.75) is 38.8 Å². The molecule has 0 unspecified atom stereocenters. The van der Waals surface area contributed by atoms with Gasteiger partial charge in [0, 0.05) is 11.8 Å². The van der Waals surface area contributed by atoms with Gasteiger partial charge in [-0.05, 0) is 20.3 Å². The van der Waals surface area contributed by atoms with Crippen LogP contribution in [0.2, 0.25) is 0 Å². The predicted octanol–water partition coefficient (Wildman–Crippen LogP) is 2.15. The van der Waals surface area contributed by atoms with Crippen LogP contribution in [0.25, 0.3) is 0 Å². The van der Waals surface area contributed by atoms with Crippen LogP contribution in [-0.2, 0) is 9.53 Å². The van der Waals surface area contributed by atoms with Gasteiger partial charge < -0.3 is 10.1 Å². The number of halogens is 2. The third-order valence-corrected chi connectivity index (χ3v) is 3.16. The van der Waals surface area contributed by atoms with Crippen LogP contribution in [0.4, 0.5) is 0 Å². The van der Waals surface area contributed by atoms with Gasteiger partial charge in [-0.15, -0.1) is 23.2 Å². The van der Waals surface area contributed by atoms with Gasteiger partial charge in [0.05, 0.1) is 11.6 Å². The molecule has 0 aliphatic carbocycles. The zero-order valence-corrected chi connectivity index (χ0v) is 11.0. The van der Waals surface area contributed by atoms with Crippen molar-refractivity contribution in [2.75, 3.05) is 18.4 Å². The molecule has 0 aliphatic rings. The predicted molar refractivity (Wildman–Crippen MR) is 63.7 cm³/mol. The fourth-order valence-corrected chi connectivity index (χ4v) is 1.75. The highest BCUT2D eigenvalue weighted by molar-refractivity contribution is 6.22. The topological polar surface area (TPSA) is 38.3 Å². The Morgan fingerprint density at radius 2 is 1.93 bits per heavy atom. The van der Waals surface area contributed by atoms with E-state index in [1.54, 1.807) is 0 Å². The van der Waals surface area contributed by atoms with E-state index < -0.39 is 5.54 Å². The van der Waals surface area contributed by atoms with E-state index in [0.29, 0.717) is 18.2 Å². The maximum absolute atomic E-state index is 11.5. The van der Waals surface area contributed by atoms with Crippen molar-refractivity contribution in [3.63, 3.8) is 0 Å². The zero-order chi connectivity index (χ0) is 11.9. The molecule has 15 heavy (non-hydrogen) atoms. The van der Waals surface area contributed by atoms with Crippen molar-refractivity contribution in [2.24, 2.45) is 0 Å². The normalized spacial score (nSPS) is 11.9. The number of hydrogen-bond donors (Lipinski definition) is 1. The van der Waals surface area contributed by atoms with Crippen LogP contribution in [0, 0.1) is 0 Å². The van der Waals surface area contributed by atoms with Crippen LogP contribution in [0.1, 0.15) is 27.2 Å². The van der Waals surface area contributed by atoms with E-state index in [1.165, 1.54) is 0 Å². The Kier molecular flexibility index (Phi) is 7.32. The molecule has 1 amide bonds. The molecule has 0 atom stereocenters. The van der Waals surface area contributed by atoms with Crippen molar-refractivity contribution in [3.8, 4) is 0 Å². The quantitative estimate of drug-likeness (QED) is 0.709. The third kappa shape index (κ3) is 5.59. The average molecular weight is 256 g/mol. The van der Waals surface area contributed by atoms with E-state index in [1.807, 2.05) is 20.8 Å². The monoisotopic (exact) mass is 255 g/mol. The van der Waals surface area contributed by atoms with Gasteiger partial charge in [0.1, 0.15) is 6.61 Å².